The minimum atomic E-state index is -0.384. The second kappa shape index (κ2) is 5.25. The van der Waals surface area contributed by atoms with Gasteiger partial charge in [0.2, 0.25) is 0 Å². The fraction of sp³-hybridized carbons (Fsp3) is 0.462. The fourth-order valence-electron chi connectivity index (χ4n) is 2.45. The van der Waals surface area contributed by atoms with Crippen LogP contribution in [0.1, 0.15) is 25.3 Å². The van der Waals surface area contributed by atoms with Crippen molar-refractivity contribution in [2.75, 3.05) is 18.0 Å². The second-order valence-electron chi connectivity index (χ2n) is 4.84. The number of oxime groups is 1. The van der Waals surface area contributed by atoms with Gasteiger partial charge in [-0.05, 0) is 37.0 Å². The van der Waals surface area contributed by atoms with Crippen molar-refractivity contribution < 1.29 is 9.60 Å². The number of piperidine rings is 1. The summed E-state index contributed by atoms with van der Waals surface area (Å²) in [5.41, 5.74) is 6.89. The molecule has 1 heterocycles. The largest absolute Gasteiger partial charge is 0.409 e. The Kier molecular flexibility index (Phi) is 3.69. The van der Waals surface area contributed by atoms with Crippen LogP contribution in [0.15, 0.2) is 23.4 Å². The molecular weight excluding hydrogens is 233 g/mol. The van der Waals surface area contributed by atoms with Crippen LogP contribution >= 0.6 is 0 Å². The number of anilines is 1. The first kappa shape index (κ1) is 12.7. The fourth-order valence-corrected chi connectivity index (χ4v) is 2.45. The van der Waals surface area contributed by atoms with Crippen LogP contribution in [0.4, 0.5) is 10.1 Å². The van der Waals surface area contributed by atoms with Crippen LogP contribution in [0.3, 0.4) is 0 Å². The molecule has 5 heteroatoms. The lowest BCUT2D eigenvalue weighted by atomic mass is 9.98. The molecule has 1 aromatic rings. The number of benzene rings is 1. The van der Waals surface area contributed by atoms with Crippen molar-refractivity contribution in [3.8, 4) is 0 Å². The van der Waals surface area contributed by atoms with Crippen molar-refractivity contribution in [1.82, 2.24) is 0 Å². The summed E-state index contributed by atoms with van der Waals surface area (Å²) in [6, 6.07) is 4.41. The molecule has 0 amide bonds. The van der Waals surface area contributed by atoms with Gasteiger partial charge < -0.3 is 15.8 Å². The lowest BCUT2D eigenvalue weighted by Crippen LogP contribution is -2.35. The maximum absolute atomic E-state index is 13.3. The maximum Gasteiger partial charge on any atom is 0.172 e. The van der Waals surface area contributed by atoms with Crippen LogP contribution < -0.4 is 10.6 Å². The molecule has 98 valence electrons. The molecule has 1 fully saturated rings. The van der Waals surface area contributed by atoms with Crippen LogP contribution in [0, 0.1) is 11.7 Å². The Morgan fingerprint density at radius 2 is 2.33 bits per heavy atom. The average Bonchev–Trinajstić information content (AvgIpc) is 2.37. The highest BCUT2D eigenvalue weighted by atomic mass is 19.1. The Morgan fingerprint density at radius 3 is 3.00 bits per heavy atom. The number of nitrogens with zero attached hydrogens (tertiary/aromatic N) is 2. The van der Waals surface area contributed by atoms with Gasteiger partial charge in [0.05, 0.1) is 0 Å². The summed E-state index contributed by atoms with van der Waals surface area (Å²) in [6.07, 6.45) is 2.31. The molecule has 0 aromatic heterocycles. The van der Waals surface area contributed by atoms with Crippen molar-refractivity contribution in [3.63, 3.8) is 0 Å². The molecule has 1 aromatic carbocycles. The Balaban J connectivity index is 2.37. The van der Waals surface area contributed by atoms with Crippen molar-refractivity contribution in [2.24, 2.45) is 16.8 Å². The Labute approximate surface area is 106 Å². The summed E-state index contributed by atoms with van der Waals surface area (Å²) >= 11 is 0. The van der Waals surface area contributed by atoms with Gasteiger partial charge in [-0.15, -0.1) is 0 Å². The van der Waals surface area contributed by atoms with E-state index in [9.17, 15) is 4.39 Å². The van der Waals surface area contributed by atoms with E-state index in [-0.39, 0.29) is 11.7 Å². The molecule has 18 heavy (non-hydrogen) atoms. The summed E-state index contributed by atoms with van der Waals surface area (Å²) < 4.78 is 13.3. The lowest BCUT2D eigenvalue weighted by Gasteiger charge is -2.34. The van der Waals surface area contributed by atoms with E-state index in [0.717, 1.165) is 25.2 Å². The third kappa shape index (κ3) is 2.55. The SMILES string of the molecule is CC1CCCN(c2ccc(F)cc2C(N)=NO)C1. The van der Waals surface area contributed by atoms with Crippen LogP contribution in [0.25, 0.3) is 0 Å². The summed E-state index contributed by atoms with van der Waals surface area (Å²) in [5.74, 6) is 0.164. The third-order valence-corrected chi connectivity index (χ3v) is 3.34. The summed E-state index contributed by atoms with van der Waals surface area (Å²) in [5, 5.41) is 11.8. The van der Waals surface area contributed by atoms with Crippen LogP contribution in [-0.2, 0) is 0 Å². The predicted molar refractivity (Wildman–Crippen MR) is 69.5 cm³/mol. The van der Waals surface area contributed by atoms with Gasteiger partial charge in [-0.3, -0.25) is 0 Å². The van der Waals surface area contributed by atoms with Gasteiger partial charge in [-0.25, -0.2) is 4.39 Å². The molecule has 1 saturated heterocycles. The molecule has 4 nitrogen and oxygen atoms in total. The normalized spacial score (nSPS) is 21.1. The molecule has 1 aliphatic heterocycles. The topological polar surface area (TPSA) is 61.8 Å². The zero-order valence-electron chi connectivity index (χ0n) is 10.4. The van der Waals surface area contributed by atoms with Crippen molar-refractivity contribution in [3.05, 3.63) is 29.6 Å². The minimum Gasteiger partial charge on any atom is -0.409 e. The van der Waals surface area contributed by atoms with Gasteiger partial charge in [0.1, 0.15) is 5.82 Å². The van der Waals surface area contributed by atoms with E-state index < -0.39 is 0 Å². The molecule has 3 N–H and O–H groups in total. The Bertz CT molecular complexity index is 462. The zero-order chi connectivity index (χ0) is 13.1. The van der Waals surface area contributed by atoms with Gasteiger partial charge in [-0.2, -0.15) is 0 Å². The maximum atomic E-state index is 13.3. The van der Waals surface area contributed by atoms with Crippen molar-refractivity contribution >= 4 is 11.5 Å². The van der Waals surface area contributed by atoms with Crippen molar-refractivity contribution in [1.29, 1.82) is 0 Å². The molecule has 1 aliphatic rings. The first-order chi connectivity index (χ1) is 8.61. The van der Waals surface area contributed by atoms with E-state index in [1.165, 1.54) is 18.6 Å². The average molecular weight is 251 g/mol. The number of halogens is 1. The number of hydrogen-bond donors (Lipinski definition) is 2. The van der Waals surface area contributed by atoms with Gasteiger partial charge in [0.25, 0.3) is 0 Å². The highest BCUT2D eigenvalue weighted by Gasteiger charge is 2.20. The third-order valence-electron chi connectivity index (χ3n) is 3.34. The van der Waals surface area contributed by atoms with E-state index in [4.69, 9.17) is 10.9 Å². The summed E-state index contributed by atoms with van der Waals surface area (Å²) in [6.45, 7) is 4.03. The number of hydrogen-bond acceptors (Lipinski definition) is 3. The molecule has 0 radical (unpaired) electrons. The Hall–Kier alpha value is -1.78. The molecule has 0 bridgehead atoms. The standard InChI is InChI=1S/C13H18FN3O/c1-9-3-2-6-17(8-9)12-5-4-10(14)7-11(12)13(15)16-18/h4-5,7,9,18H,2-3,6,8H2,1H3,(H2,15,16). The Morgan fingerprint density at radius 1 is 1.56 bits per heavy atom. The van der Waals surface area contributed by atoms with Gasteiger partial charge in [0, 0.05) is 24.3 Å². The highest BCUT2D eigenvalue weighted by Crippen LogP contribution is 2.26. The molecule has 0 spiro atoms. The second-order valence-corrected chi connectivity index (χ2v) is 4.84. The van der Waals surface area contributed by atoms with E-state index in [0.29, 0.717) is 11.5 Å². The molecule has 2 rings (SSSR count). The summed E-state index contributed by atoms with van der Waals surface area (Å²) in [4.78, 5) is 2.17. The number of nitrogens with two attached hydrogens (primary N) is 1. The summed E-state index contributed by atoms with van der Waals surface area (Å²) in [7, 11) is 0. The highest BCUT2D eigenvalue weighted by molar-refractivity contribution is 6.02. The zero-order valence-corrected chi connectivity index (χ0v) is 10.4. The van der Waals surface area contributed by atoms with Crippen LogP contribution in [0.2, 0.25) is 0 Å². The van der Waals surface area contributed by atoms with Crippen LogP contribution in [0.5, 0.6) is 0 Å². The van der Waals surface area contributed by atoms with E-state index >= 15 is 0 Å². The van der Waals surface area contributed by atoms with Gasteiger partial charge >= 0.3 is 0 Å². The van der Waals surface area contributed by atoms with Crippen molar-refractivity contribution in [2.45, 2.75) is 19.8 Å². The first-order valence-corrected chi connectivity index (χ1v) is 6.14. The minimum absolute atomic E-state index is 0.0530. The van der Waals surface area contributed by atoms with Gasteiger partial charge in [0.15, 0.2) is 5.84 Å². The van der Waals surface area contributed by atoms with E-state index in [2.05, 4.69) is 17.0 Å². The lowest BCUT2D eigenvalue weighted by molar-refractivity contribution is 0.318. The predicted octanol–water partition coefficient (Wildman–Crippen LogP) is 2.16. The number of amidine groups is 1. The molecule has 1 atom stereocenters. The quantitative estimate of drug-likeness (QED) is 0.366. The number of rotatable bonds is 2. The van der Waals surface area contributed by atoms with E-state index in [1.54, 1.807) is 6.07 Å². The smallest absolute Gasteiger partial charge is 0.172 e. The monoisotopic (exact) mass is 251 g/mol. The molecule has 0 aliphatic carbocycles. The molecule has 1 unspecified atom stereocenters. The molecule has 0 saturated carbocycles. The van der Waals surface area contributed by atoms with Gasteiger partial charge in [-0.1, -0.05) is 12.1 Å². The van der Waals surface area contributed by atoms with Crippen LogP contribution in [-0.4, -0.2) is 24.1 Å². The first-order valence-electron chi connectivity index (χ1n) is 6.14. The van der Waals surface area contributed by atoms with E-state index in [1.807, 2.05) is 0 Å². The molecular formula is C13H18FN3O.